The summed E-state index contributed by atoms with van der Waals surface area (Å²) < 4.78 is 31.9. The van der Waals surface area contributed by atoms with Gasteiger partial charge in [-0.25, -0.2) is 4.68 Å². The first-order valence-electron chi connectivity index (χ1n) is 18.6. The van der Waals surface area contributed by atoms with Crippen LogP contribution in [-0.4, -0.2) is 79.0 Å². The average Bonchev–Trinajstić information content (AvgIpc) is 3.71. The number of rotatable bonds is 13. The summed E-state index contributed by atoms with van der Waals surface area (Å²) in [6.45, 7) is 6.43. The van der Waals surface area contributed by atoms with Gasteiger partial charge < -0.3 is 34.2 Å². The molecule has 5 aliphatic rings. The van der Waals surface area contributed by atoms with Crippen LogP contribution in [0.1, 0.15) is 96.2 Å². The minimum Gasteiger partial charge on any atom is -0.494 e. The Morgan fingerprint density at radius 2 is 1.90 bits per heavy atom. The molecule has 4 aliphatic carbocycles. The van der Waals surface area contributed by atoms with Crippen molar-refractivity contribution in [2.24, 2.45) is 28.6 Å². The molecule has 0 spiro atoms. The largest absolute Gasteiger partial charge is 0.494 e. The fraction of sp³-hybridized carbons (Fsp3) is 0.684. The van der Waals surface area contributed by atoms with E-state index in [-0.39, 0.29) is 35.1 Å². The Morgan fingerprint density at radius 3 is 2.62 bits per heavy atom. The topological polar surface area (TPSA) is 161 Å². The lowest BCUT2D eigenvalue weighted by molar-refractivity contribution is -0.202. The highest BCUT2D eigenvalue weighted by molar-refractivity contribution is 7.51. The lowest BCUT2D eigenvalue weighted by atomic mass is 9.45. The quantitative estimate of drug-likeness (QED) is 0.152. The molecule has 0 radical (unpaired) electrons. The molecule has 12 heteroatoms. The molecule has 274 valence electrons. The van der Waals surface area contributed by atoms with Gasteiger partial charge in [0.2, 0.25) is 0 Å². The minimum atomic E-state index is -3.92. The molecule has 4 fully saturated rings. The van der Waals surface area contributed by atoms with Crippen LogP contribution in [0.25, 0.3) is 11.8 Å². The van der Waals surface area contributed by atoms with Crippen LogP contribution in [0.2, 0.25) is 0 Å². The number of carbonyl (C=O) groups is 1. The second-order valence-corrected chi connectivity index (χ2v) is 17.7. The maximum atomic E-state index is 13.6. The summed E-state index contributed by atoms with van der Waals surface area (Å²) in [5.74, 6) is 0.798. The van der Waals surface area contributed by atoms with Crippen LogP contribution in [-0.2, 0) is 25.3 Å². The number of aliphatic hydroxyl groups is 2. The number of carbonyl (C=O) groups excluding carboxylic acids is 1. The van der Waals surface area contributed by atoms with Crippen LogP contribution in [0.15, 0.2) is 36.0 Å². The van der Waals surface area contributed by atoms with Gasteiger partial charge in [0, 0.05) is 11.6 Å². The number of aromatic nitrogens is 2. The Morgan fingerprint density at radius 1 is 1.14 bits per heavy atom. The summed E-state index contributed by atoms with van der Waals surface area (Å²) in [7, 11) is -3.92. The van der Waals surface area contributed by atoms with E-state index in [1.807, 2.05) is 35.1 Å². The van der Waals surface area contributed by atoms with Crippen LogP contribution in [0.3, 0.4) is 0 Å². The molecular formula is C38H53N2O9P. The van der Waals surface area contributed by atoms with Gasteiger partial charge in [-0.3, -0.25) is 9.36 Å². The highest BCUT2D eigenvalue weighted by Gasteiger charge is 2.75. The number of ether oxygens (including phenoxy) is 3. The van der Waals surface area contributed by atoms with Crippen molar-refractivity contribution in [3.63, 3.8) is 0 Å². The van der Waals surface area contributed by atoms with Crippen molar-refractivity contribution in [2.75, 3.05) is 19.4 Å². The molecule has 1 aliphatic heterocycles. The normalized spacial score (nSPS) is 35.8. The van der Waals surface area contributed by atoms with Crippen molar-refractivity contribution in [3.8, 4) is 11.4 Å². The molecule has 9 atom stereocenters. The number of hydrogen-bond donors (Lipinski definition) is 4. The minimum absolute atomic E-state index is 0.0196. The molecule has 4 N–H and O–H groups in total. The summed E-state index contributed by atoms with van der Waals surface area (Å²) in [6, 6.07) is 7.91. The molecule has 7 rings (SSSR count). The fourth-order valence-electron chi connectivity index (χ4n) is 10.8. The van der Waals surface area contributed by atoms with Gasteiger partial charge >= 0.3 is 7.60 Å². The van der Waals surface area contributed by atoms with Crippen molar-refractivity contribution in [3.05, 3.63) is 47.3 Å². The van der Waals surface area contributed by atoms with Crippen LogP contribution >= 0.6 is 7.60 Å². The molecular weight excluding hydrogens is 659 g/mol. The zero-order valence-electron chi connectivity index (χ0n) is 29.5. The maximum Gasteiger partial charge on any atom is 0.325 e. The third kappa shape index (κ3) is 5.95. The van der Waals surface area contributed by atoms with Crippen LogP contribution < -0.4 is 4.74 Å². The molecule has 3 saturated carbocycles. The molecule has 0 bridgehead atoms. The third-order valence-electron chi connectivity index (χ3n) is 13.0. The van der Waals surface area contributed by atoms with Crippen molar-refractivity contribution in [1.82, 2.24) is 9.78 Å². The second-order valence-electron chi connectivity index (χ2n) is 15.9. The van der Waals surface area contributed by atoms with Gasteiger partial charge in [-0.2, -0.15) is 5.10 Å². The zero-order chi connectivity index (χ0) is 35.5. The van der Waals surface area contributed by atoms with E-state index in [0.29, 0.717) is 32.3 Å². The summed E-state index contributed by atoms with van der Waals surface area (Å²) in [4.78, 5) is 31.6. The van der Waals surface area contributed by atoms with Gasteiger partial charge in [-0.05, 0) is 110 Å². The third-order valence-corrected chi connectivity index (χ3v) is 13.9. The predicted octanol–water partition coefficient (Wildman–Crippen LogP) is 5.59. The molecule has 0 amide bonds. The predicted molar refractivity (Wildman–Crippen MR) is 187 cm³/mol. The number of Topliss-reactive ketones (excluding diaryl/α,β-unsaturated/α-hetero) is 1. The smallest absolute Gasteiger partial charge is 0.325 e. The van der Waals surface area contributed by atoms with Gasteiger partial charge in [0.25, 0.3) is 0 Å². The van der Waals surface area contributed by atoms with Gasteiger partial charge in [-0.1, -0.05) is 45.6 Å². The Balaban J connectivity index is 1.05. The molecule has 2 aromatic rings. The molecule has 50 heavy (non-hydrogen) atoms. The van der Waals surface area contributed by atoms with Crippen LogP contribution in [0.4, 0.5) is 0 Å². The fourth-order valence-corrected chi connectivity index (χ4v) is 11.5. The van der Waals surface area contributed by atoms with E-state index in [1.54, 1.807) is 0 Å². The van der Waals surface area contributed by atoms with E-state index in [4.69, 9.17) is 29.1 Å². The number of aliphatic hydroxyl groups excluding tert-OH is 2. The lowest BCUT2D eigenvalue weighted by Gasteiger charge is -2.60. The zero-order valence-corrected chi connectivity index (χ0v) is 30.4. The molecule has 1 saturated heterocycles. The number of nitrogens with zero attached hydrogens (tertiary/aromatic N) is 2. The van der Waals surface area contributed by atoms with Crippen LogP contribution in [0.5, 0.6) is 5.75 Å². The summed E-state index contributed by atoms with van der Waals surface area (Å²) in [5, 5.41) is 27.1. The standard InChI is InChI=1S/C38H53N2O9P/c1-4-9-34-48-33-19-29-28-15-10-25-18-30-24(20-36(25,2)35(28)31(42)21-37(29,3)38(33,49-34)32(43)23-41)22-39-40(30)26-11-13-27(14-12-26)47-16-7-5-6-8-17-50(44,45)46/h11-14,18,22,28-29,31,33-35,41-42H,4-10,15-17,19-21,23H2,1-3H3,(H2,44,45,46)/t28-,29-,31-,33+,34?,35+,36-,37-,38+/m0/s1. The van der Waals surface area contributed by atoms with Crippen LogP contribution in [0, 0.1) is 28.6 Å². The Hall–Kier alpha value is -2.37. The highest BCUT2D eigenvalue weighted by atomic mass is 31.2. The monoisotopic (exact) mass is 712 g/mol. The van der Waals surface area contributed by atoms with Crippen molar-refractivity contribution in [2.45, 2.75) is 115 Å². The number of benzene rings is 1. The molecule has 11 nitrogen and oxygen atoms in total. The molecule has 1 aromatic heterocycles. The van der Waals surface area contributed by atoms with E-state index in [1.165, 1.54) is 5.57 Å². The summed E-state index contributed by atoms with van der Waals surface area (Å²) in [5.41, 5.74) is 2.39. The number of ketones is 1. The van der Waals surface area contributed by atoms with Crippen molar-refractivity contribution >= 4 is 19.5 Å². The molecule has 2 heterocycles. The van der Waals surface area contributed by atoms with Gasteiger partial charge in [0.1, 0.15) is 12.4 Å². The first-order chi connectivity index (χ1) is 23.8. The second kappa shape index (κ2) is 13.6. The van der Waals surface area contributed by atoms with Gasteiger partial charge in [0.05, 0.1) is 36.4 Å². The Labute approximate surface area is 294 Å². The summed E-state index contributed by atoms with van der Waals surface area (Å²) >= 11 is 0. The van der Waals surface area contributed by atoms with Crippen molar-refractivity contribution in [1.29, 1.82) is 0 Å². The Bertz CT molecular complexity index is 1650. The SMILES string of the molecule is CCCC1O[C@@H]2C[C@H]3[C@@H]4CCC5=Cc6c(cnn6-c6ccc(OCCCCCCP(=O)(O)O)cc6)C[C@]5(C)[C@H]4[C@@H](O)C[C@]3(C)[C@]2(C(=O)CO)O1. The first kappa shape index (κ1) is 36.0. The molecule has 1 unspecified atom stereocenters. The van der Waals surface area contributed by atoms with E-state index in [9.17, 15) is 19.6 Å². The van der Waals surface area contributed by atoms with E-state index < -0.39 is 43.7 Å². The Kier molecular flexibility index (Phi) is 9.76. The lowest BCUT2D eigenvalue weighted by Crippen LogP contribution is -2.64. The first-order valence-corrected chi connectivity index (χ1v) is 20.4. The van der Waals surface area contributed by atoms with Gasteiger partial charge in [-0.15, -0.1) is 0 Å². The molecule has 1 aromatic carbocycles. The number of unbranched alkanes of at least 4 members (excludes halogenated alkanes) is 3. The number of fused-ring (bicyclic) bond motifs is 8. The number of hydrogen-bond acceptors (Lipinski definition) is 8. The maximum absolute atomic E-state index is 13.6. The number of allylic oxidation sites excluding steroid dienone is 1. The van der Waals surface area contributed by atoms with E-state index >= 15 is 0 Å². The van der Waals surface area contributed by atoms with E-state index in [2.05, 4.69) is 26.8 Å². The summed E-state index contributed by atoms with van der Waals surface area (Å²) in [6.07, 6.45) is 10.9. The van der Waals surface area contributed by atoms with Gasteiger partial charge in [0.15, 0.2) is 17.7 Å². The average molecular weight is 713 g/mol. The van der Waals surface area contributed by atoms with E-state index in [0.717, 1.165) is 67.6 Å². The highest BCUT2D eigenvalue weighted by Crippen LogP contribution is 2.70. The van der Waals surface area contributed by atoms with Crippen molar-refractivity contribution < 1.29 is 43.6 Å².